The van der Waals surface area contributed by atoms with Crippen LogP contribution in [0.5, 0.6) is 11.5 Å². The van der Waals surface area contributed by atoms with Gasteiger partial charge in [-0.3, -0.25) is 28.8 Å². The molecule has 0 unspecified atom stereocenters. The van der Waals surface area contributed by atoms with Crippen molar-refractivity contribution in [3.05, 3.63) is 107 Å². The van der Waals surface area contributed by atoms with E-state index in [2.05, 4.69) is 21.3 Å². The van der Waals surface area contributed by atoms with Crippen LogP contribution in [0.4, 0.5) is 0 Å². The van der Waals surface area contributed by atoms with Gasteiger partial charge in [-0.1, -0.05) is 48.0 Å². The number of halogens is 1. The number of hydrogen-bond donors (Lipinski definition) is 7. The zero-order chi connectivity index (χ0) is 45.1. The summed E-state index contributed by atoms with van der Waals surface area (Å²) in [6.07, 6.45) is 1.16. The Labute approximate surface area is 365 Å². The molecule has 5 amide bonds. The quantitative estimate of drug-likeness (QED) is 0.0855. The summed E-state index contributed by atoms with van der Waals surface area (Å²) < 4.78 is 5.87. The van der Waals surface area contributed by atoms with Crippen LogP contribution in [0, 0.1) is 0 Å². The van der Waals surface area contributed by atoms with Crippen LogP contribution in [0.1, 0.15) is 67.6 Å². The van der Waals surface area contributed by atoms with E-state index in [1.807, 2.05) is 12.1 Å². The number of carbonyl (C=O) groups excluding carboxylic acids is 6. The molecule has 0 fully saturated rings. The summed E-state index contributed by atoms with van der Waals surface area (Å²) in [7, 11) is 1.41. The minimum atomic E-state index is -1.42. The Bertz CT molecular complexity index is 2270. The summed E-state index contributed by atoms with van der Waals surface area (Å²) in [5.41, 5.74) is 9.14. The standard InChI is InChI=1S/C46H53ClN6O9/c1-26(28(3)55)49-44(59)38-24-29-8-18-39(56)35(23-29)36-25-33(15-19-40(36)62-22-21-54)41(45(60)50-27(2)42(57)52-38)53(4)46(61)37(7-5-6-20-48)51-43(58)32-11-9-30(10-12-32)31-13-16-34(47)17-14-31/h8-19,23,25-27,37-38,41,54,56H,5-7,20-22,24,48H2,1-4H3,(H,49,59)(H,50,60)(H,51,58)(H,52,57)/t26-,27-,37-,38-,41-/m0/s1. The lowest BCUT2D eigenvalue weighted by atomic mass is 9.93. The Morgan fingerprint density at radius 1 is 0.903 bits per heavy atom. The number of benzene rings is 4. The monoisotopic (exact) mass is 868 g/mol. The molecule has 15 nitrogen and oxygen atoms in total. The first kappa shape index (κ1) is 46.8. The van der Waals surface area contributed by atoms with E-state index in [0.29, 0.717) is 41.1 Å². The van der Waals surface area contributed by atoms with E-state index < -0.39 is 59.7 Å². The van der Waals surface area contributed by atoms with Gasteiger partial charge in [-0.05, 0) is 117 Å². The SMILES string of the molecule is CC(=O)[C@H](C)NC(=O)[C@@H]1Cc2ccc(O)c(c2)-c2cc(ccc2OCCO)[C@H](N(C)C(=O)[C@H](CCCCN)NC(=O)c2ccc(-c3ccc(Cl)cc3)cc2)C(=O)N[C@@H](C)C(=O)N1. The van der Waals surface area contributed by atoms with Gasteiger partial charge in [-0.2, -0.15) is 0 Å². The predicted molar refractivity (Wildman–Crippen MR) is 234 cm³/mol. The average molecular weight is 869 g/mol. The molecule has 16 heteroatoms. The number of phenols is 1. The fourth-order valence-corrected chi connectivity index (χ4v) is 7.15. The number of amides is 5. The summed E-state index contributed by atoms with van der Waals surface area (Å²) in [5.74, 6) is -3.55. The van der Waals surface area contributed by atoms with Crippen molar-refractivity contribution in [3.8, 4) is 33.8 Å². The molecule has 0 spiro atoms. The minimum Gasteiger partial charge on any atom is -0.507 e. The largest absolute Gasteiger partial charge is 0.507 e. The fourth-order valence-electron chi connectivity index (χ4n) is 7.02. The van der Waals surface area contributed by atoms with E-state index in [1.54, 1.807) is 66.7 Å². The van der Waals surface area contributed by atoms with Crippen molar-refractivity contribution < 1.29 is 43.7 Å². The average Bonchev–Trinajstić information content (AvgIpc) is 3.25. The number of nitrogens with one attached hydrogen (secondary N) is 4. The smallest absolute Gasteiger partial charge is 0.251 e. The summed E-state index contributed by atoms with van der Waals surface area (Å²) in [6.45, 7) is 4.18. The van der Waals surface area contributed by atoms with E-state index in [1.165, 1.54) is 38.8 Å². The molecule has 4 aromatic carbocycles. The lowest BCUT2D eigenvalue weighted by Gasteiger charge is -2.32. The number of unbranched alkanes of at least 4 members (excludes halogenated alkanes) is 1. The number of ether oxygens (including phenoxy) is 1. The van der Waals surface area contributed by atoms with E-state index in [-0.39, 0.29) is 54.5 Å². The number of aromatic hydroxyl groups is 1. The summed E-state index contributed by atoms with van der Waals surface area (Å²) in [4.78, 5) is 83.3. The van der Waals surface area contributed by atoms with E-state index in [4.69, 9.17) is 22.1 Å². The van der Waals surface area contributed by atoms with Crippen molar-refractivity contribution in [2.24, 2.45) is 5.73 Å². The molecule has 328 valence electrons. The van der Waals surface area contributed by atoms with Gasteiger partial charge in [0.25, 0.3) is 5.91 Å². The van der Waals surface area contributed by atoms with Gasteiger partial charge in [0, 0.05) is 35.2 Å². The number of hydrogen-bond acceptors (Lipinski definition) is 10. The maximum absolute atomic E-state index is 14.6. The third-order valence-electron chi connectivity index (χ3n) is 10.7. The van der Waals surface area contributed by atoms with Gasteiger partial charge in [0.1, 0.15) is 42.3 Å². The minimum absolute atomic E-state index is 0.0632. The molecule has 62 heavy (non-hydrogen) atoms. The Balaban J connectivity index is 1.54. The van der Waals surface area contributed by atoms with Crippen LogP contribution in [0.3, 0.4) is 0 Å². The van der Waals surface area contributed by atoms with E-state index in [9.17, 15) is 39.0 Å². The molecule has 4 aromatic rings. The Kier molecular flexibility index (Phi) is 16.2. The summed E-state index contributed by atoms with van der Waals surface area (Å²) in [5, 5.41) is 32.3. The van der Waals surface area contributed by atoms with Crippen LogP contribution in [-0.4, -0.2) is 101 Å². The second kappa shape index (κ2) is 21.5. The number of Topliss-reactive ketones (excluding diaryl/α,β-unsaturated/α-hetero) is 1. The maximum Gasteiger partial charge on any atom is 0.251 e. The molecule has 0 saturated carbocycles. The number of nitrogens with two attached hydrogens (primary N) is 1. The number of phenolic OH excluding ortho intramolecular Hbond substituents is 1. The number of fused-ring (bicyclic) bond motifs is 5. The molecule has 4 bridgehead atoms. The van der Waals surface area contributed by atoms with Crippen molar-refractivity contribution in [1.29, 1.82) is 0 Å². The lowest BCUT2D eigenvalue weighted by molar-refractivity contribution is -0.141. The molecule has 0 radical (unpaired) electrons. The zero-order valence-corrected chi connectivity index (χ0v) is 35.8. The van der Waals surface area contributed by atoms with Gasteiger partial charge in [-0.25, -0.2) is 0 Å². The molecular formula is C46H53ClN6O9. The Morgan fingerprint density at radius 3 is 2.23 bits per heavy atom. The highest BCUT2D eigenvalue weighted by atomic mass is 35.5. The predicted octanol–water partition coefficient (Wildman–Crippen LogP) is 3.82. The third kappa shape index (κ3) is 11.7. The molecule has 5 rings (SSSR count). The molecule has 0 aromatic heterocycles. The summed E-state index contributed by atoms with van der Waals surface area (Å²) >= 11 is 6.05. The second-order valence-electron chi connectivity index (χ2n) is 15.3. The van der Waals surface area contributed by atoms with Gasteiger partial charge < -0.3 is 46.9 Å². The third-order valence-corrected chi connectivity index (χ3v) is 10.9. The molecule has 5 atom stereocenters. The molecular weight excluding hydrogens is 816 g/mol. The fraction of sp³-hybridized carbons (Fsp3) is 0.348. The van der Waals surface area contributed by atoms with Crippen LogP contribution in [-0.2, 0) is 30.4 Å². The van der Waals surface area contributed by atoms with E-state index >= 15 is 0 Å². The lowest BCUT2D eigenvalue weighted by Crippen LogP contribution is -2.56. The second-order valence-corrected chi connectivity index (χ2v) is 15.7. The first-order valence-corrected chi connectivity index (χ1v) is 20.7. The highest BCUT2D eigenvalue weighted by Crippen LogP contribution is 2.39. The van der Waals surface area contributed by atoms with Crippen LogP contribution < -0.4 is 31.7 Å². The summed E-state index contributed by atoms with van der Waals surface area (Å²) in [6, 6.07) is 17.6. The van der Waals surface area contributed by atoms with Crippen molar-refractivity contribution in [2.45, 2.75) is 76.7 Å². The highest BCUT2D eigenvalue weighted by molar-refractivity contribution is 6.30. The number of nitrogens with zero attached hydrogens (tertiary/aromatic N) is 1. The molecule has 1 aliphatic rings. The van der Waals surface area contributed by atoms with Crippen molar-refractivity contribution in [2.75, 3.05) is 26.8 Å². The number of carbonyl (C=O) groups is 6. The van der Waals surface area contributed by atoms with Gasteiger partial charge in [0.2, 0.25) is 23.6 Å². The number of ketones is 1. The molecule has 0 aliphatic carbocycles. The van der Waals surface area contributed by atoms with Crippen LogP contribution in [0.15, 0.2) is 84.9 Å². The first-order valence-electron chi connectivity index (χ1n) is 20.4. The van der Waals surface area contributed by atoms with Gasteiger partial charge >= 0.3 is 0 Å². The Morgan fingerprint density at radius 2 is 1.58 bits per heavy atom. The van der Waals surface area contributed by atoms with Crippen LogP contribution in [0.2, 0.25) is 5.02 Å². The maximum atomic E-state index is 14.6. The van der Waals surface area contributed by atoms with Crippen molar-refractivity contribution in [3.63, 3.8) is 0 Å². The van der Waals surface area contributed by atoms with Crippen LogP contribution >= 0.6 is 11.6 Å². The number of aliphatic hydroxyl groups excluding tert-OH is 1. The van der Waals surface area contributed by atoms with Gasteiger partial charge in [0.15, 0.2) is 5.78 Å². The Hall–Kier alpha value is -6.29. The molecule has 0 saturated heterocycles. The van der Waals surface area contributed by atoms with Crippen LogP contribution in [0.25, 0.3) is 22.3 Å². The topological polar surface area (TPSA) is 229 Å². The highest BCUT2D eigenvalue weighted by Gasteiger charge is 2.36. The molecule has 1 heterocycles. The van der Waals surface area contributed by atoms with Gasteiger partial charge in [0.05, 0.1) is 12.6 Å². The normalized spacial score (nSPS) is 17.3. The zero-order valence-electron chi connectivity index (χ0n) is 35.1. The van der Waals surface area contributed by atoms with Crippen molar-refractivity contribution >= 4 is 46.9 Å². The first-order chi connectivity index (χ1) is 29.6. The number of aliphatic hydroxyl groups is 1. The van der Waals surface area contributed by atoms with Gasteiger partial charge in [-0.15, -0.1) is 0 Å². The van der Waals surface area contributed by atoms with Crippen molar-refractivity contribution in [1.82, 2.24) is 26.2 Å². The number of likely N-dealkylation sites (N-methyl/N-ethyl adjacent to an activating group) is 1. The molecule has 8 N–H and O–H groups in total. The van der Waals surface area contributed by atoms with E-state index in [0.717, 1.165) is 11.1 Å². The number of rotatable bonds is 15. The molecule has 1 aliphatic heterocycles.